The van der Waals surface area contributed by atoms with Gasteiger partial charge in [0.05, 0.1) is 19.3 Å². The Morgan fingerprint density at radius 1 is 1.17 bits per heavy atom. The summed E-state index contributed by atoms with van der Waals surface area (Å²) in [5.41, 5.74) is 0. The molecule has 0 amide bonds. The van der Waals surface area contributed by atoms with E-state index in [9.17, 15) is 0 Å². The zero-order valence-electron chi connectivity index (χ0n) is 8.71. The lowest BCUT2D eigenvalue weighted by Gasteiger charge is -2.22. The first-order valence-corrected chi connectivity index (χ1v) is 4.80. The van der Waals surface area contributed by atoms with Gasteiger partial charge in [-0.15, -0.1) is 0 Å². The van der Waals surface area contributed by atoms with E-state index in [1.807, 2.05) is 0 Å². The SMILES string of the molecule is CC(C)CC(OCCO)C(C)C. The fraction of sp³-hybridized carbons (Fsp3) is 1.00. The summed E-state index contributed by atoms with van der Waals surface area (Å²) in [6.07, 6.45) is 1.38. The van der Waals surface area contributed by atoms with Crippen LogP contribution in [0.25, 0.3) is 0 Å². The third-order valence-electron chi connectivity index (χ3n) is 1.87. The maximum absolute atomic E-state index is 8.61. The highest BCUT2D eigenvalue weighted by atomic mass is 16.5. The van der Waals surface area contributed by atoms with Crippen molar-refractivity contribution >= 4 is 0 Å². The summed E-state index contributed by atoms with van der Waals surface area (Å²) < 4.78 is 5.51. The molecule has 0 saturated heterocycles. The van der Waals surface area contributed by atoms with E-state index < -0.39 is 0 Å². The minimum absolute atomic E-state index is 0.126. The topological polar surface area (TPSA) is 29.5 Å². The maximum Gasteiger partial charge on any atom is 0.0701 e. The molecule has 0 radical (unpaired) electrons. The van der Waals surface area contributed by atoms with E-state index >= 15 is 0 Å². The van der Waals surface area contributed by atoms with Crippen LogP contribution in [0.4, 0.5) is 0 Å². The van der Waals surface area contributed by atoms with Gasteiger partial charge in [0, 0.05) is 0 Å². The fourth-order valence-corrected chi connectivity index (χ4v) is 1.20. The summed E-state index contributed by atoms with van der Waals surface area (Å²) in [5.74, 6) is 1.20. The van der Waals surface area contributed by atoms with Crippen LogP contribution in [0.3, 0.4) is 0 Å². The Balaban J connectivity index is 3.70. The molecule has 1 unspecified atom stereocenters. The van der Waals surface area contributed by atoms with Crippen molar-refractivity contribution in [3.8, 4) is 0 Å². The van der Waals surface area contributed by atoms with E-state index in [1.165, 1.54) is 0 Å². The zero-order valence-corrected chi connectivity index (χ0v) is 8.71. The van der Waals surface area contributed by atoms with Crippen molar-refractivity contribution in [2.75, 3.05) is 13.2 Å². The summed E-state index contributed by atoms with van der Waals surface area (Å²) in [6, 6.07) is 0. The van der Waals surface area contributed by atoms with Crippen molar-refractivity contribution < 1.29 is 9.84 Å². The minimum Gasteiger partial charge on any atom is -0.394 e. The number of aliphatic hydroxyl groups excluding tert-OH is 1. The first-order chi connectivity index (χ1) is 5.57. The number of hydrogen-bond acceptors (Lipinski definition) is 2. The van der Waals surface area contributed by atoms with E-state index in [1.54, 1.807) is 0 Å². The zero-order chi connectivity index (χ0) is 9.56. The van der Waals surface area contributed by atoms with Gasteiger partial charge in [-0.2, -0.15) is 0 Å². The lowest BCUT2D eigenvalue weighted by molar-refractivity contribution is -0.00793. The fourth-order valence-electron chi connectivity index (χ4n) is 1.20. The second-order valence-corrected chi connectivity index (χ2v) is 4.01. The van der Waals surface area contributed by atoms with Gasteiger partial charge in [-0.1, -0.05) is 27.7 Å². The van der Waals surface area contributed by atoms with Crippen molar-refractivity contribution in [2.45, 2.75) is 40.2 Å². The summed E-state index contributed by atoms with van der Waals surface area (Å²) in [6.45, 7) is 9.29. The maximum atomic E-state index is 8.61. The summed E-state index contributed by atoms with van der Waals surface area (Å²) in [5, 5.41) is 8.61. The summed E-state index contributed by atoms with van der Waals surface area (Å²) >= 11 is 0. The van der Waals surface area contributed by atoms with Crippen LogP contribution in [0.15, 0.2) is 0 Å². The monoisotopic (exact) mass is 174 g/mol. The van der Waals surface area contributed by atoms with E-state index in [0.717, 1.165) is 6.42 Å². The van der Waals surface area contributed by atoms with Crippen LogP contribution >= 0.6 is 0 Å². The molecule has 1 N–H and O–H groups in total. The third kappa shape index (κ3) is 5.56. The molecule has 0 spiro atoms. The molecule has 0 fully saturated rings. The van der Waals surface area contributed by atoms with Gasteiger partial charge in [0.15, 0.2) is 0 Å². The number of aliphatic hydroxyl groups is 1. The predicted molar refractivity (Wildman–Crippen MR) is 51.1 cm³/mol. The number of rotatable bonds is 6. The van der Waals surface area contributed by atoms with Gasteiger partial charge in [0.25, 0.3) is 0 Å². The van der Waals surface area contributed by atoms with Crippen molar-refractivity contribution in [1.29, 1.82) is 0 Å². The largest absolute Gasteiger partial charge is 0.394 e. The van der Waals surface area contributed by atoms with Crippen LogP contribution in [-0.4, -0.2) is 24.4 Å². The average Bonchev–Trinajstić information content (AvgIpc) is 1.96. The Hall–Kier alpha value is -0.0800. The molecule has 2 nitrogen and oxygen atoms in total. The van der Waals surface area contributed by atoms with Gasteiger partial charge >= 0.3 is 0 Å². The molecule has 0 bridgehead atoms. The smallest absolute Gasteiger partial charge is 0.0701 e. The van der Waals surface area contributed by atoms with Crippen molar-refractivity contribution in [3.63, 3.8) is 0 Å². The molecule has 74 valence electrons. The number of ether oxygens (including phenoxy) is 1. The van der Waals surface area contributed by atoms with Gasteiger partial charge < -0.3 is 9.84 Å². The molecule has 0 aliphatic carbocycles. The molecule has 1 atom stereocenters. The van der Waals surface area contributed by atoms with Gasteiger partial charge in [-0.05, 0) is 18.3 Å². The highest BCUT2D eigenvalue weighted by Crippen LogP contribution is 2.15. The van der Waals surface area contributed by atoms with Gasteiger partial charge in [-0.3, -0.25) is 0 Å². The Morgan fingerprint density at radius 2 is 1.75 bits per heavy atom. The van der Waals surface area contributed by atoms with Crippen LogP contribution in [0.5, 0.6) is 0 Å². The van der Waals surface area contributed by atoms with Gasteiger partial charge in [0.1, 0.15) is 0 Å². The Labute approximate surface area is 75.9 Å². The first-order valence-electron chi connectivity index (χ1n) is 4.80. The normalized spacial score (nSPS) is 14.2. The van der Waals surface area contributed by atoms with Crippen LogP contribution < -0.4 is 0 Å². The van der Waals surface area contributed by atoms with Crippen LogP contribution in [0.1, 0.15) is 34.1 Å². The minimum atomic E-state index is 0.126. The Kier molecular flexibility index (Phi) is 6.39. The Bertz CT molecular complexity index is 100. The highest BCUT2D eigenvalue weighted by Gasteiger charge is 2.14. The van der Waals surface area contributed by atoms with E-state index in [2.05, 4.69) is 27.7 Å². The summed E-state index contributed by atoms with van der Waals surface area (Å²) in [7, 11) is 0. The van der Waals surface area contributed by atoms with Crippen LogP contribution in [0, 0.1) is 11.8 Å². The molecular weight excluding hydrogens is 152 g/mol. The highest BCUT2D eigenvalue weighted by molar-refractivity contribution is 4.64. The predicted octanol–water partition coefficient (Wildman–Crippen LogP) is 2.07. The molecule has 0 aliphatic heterocycles. The lowest BCUT2D eigenvalue weighted by Crippen LogP contribution is -2.23. The van der Waals surface area contributed by atoms with E-state index in [0.29, 0.717) is 24.5 Å². The average molecular weight is 174 g/mol. The third-order valence-corrected chi connectivity index (χ3v) is 1.87. The molecule has 0 rings (SSSR count). The number of hydrogen-bond donors (Lipinski definition) is 1. The molecule has 2 heteroatoms. The van der Waals surface area contributed by atoms with Crippen molar-refractivity contribution in [3.05, 3.63) is 0 Å². The quantitative estimate of drug-likeness (QED) is 0.668. The van der Waals surface area contributed by atoms with E-state index in [4.69, 9.17) is 9.84 Å². The standard InChI is InChI=1S/C10H22O2/c1-8(2)7-10(9(3)4)12-6-5-11/h8-11H,5-7H2,1-4H3. The molecule has 0 aliphatic rings. The molecule has 0 aromatic rings. The summed E-state index contributed by atoms with van der Waals surface area (Å²) in [4.78, 5) is 0. The van der Waals surface area contributed by atoms with E-state index in [-0.39, 0.29) is 6.61 Å². The molecule has 0 aromatic carbocycles. The molecule has 12 heavy (non-hydrogen) atoms. The van der Waals surface area contributed by atoms with Crippen molar-refractivity contribution in [2.24, 2.45) is 11.8 Å². The van der Waals surface area contributed by atoms with Gasteiger partial charge in [0.2, 0.25) is 0 Å². The first kappa shape index (κ1) is 11.9. The van der Waals surface area contributed by atoms with Gasteiger partial charge in [-0.25, -0.2) is 0 Å². The van der Waals surface area contributed by atoms with Crippen molar-refractivity contribution in [1.82, 2.24) is 0 Å². The molecule has 0 aromatic heterocycles. The molecule has 0 heterocycles. The van der Waals surface area contributed by atoms with Crippen LogP contribution in [-0.2, 0) is 4.74 Å². The second-order valence-electron chi connectivity index (χ2n) is 4.01. The molecular formula is C10H22O2. The lowest BCUT2D eigenvalue weighted by atomic mass is 9.97. The molecule has 0 saturated carbocycles. The Morgan fingerprint density at radius 3 is 2.08 bits per heavy atom. The van der Waals surface area contributed by atoms with Crippen LogP contribution in [0.2, 0.25) is 0 Å². The second kappa shape index (κ2) is 6.44.